The Bertz CT molecular complexity index is 530. The fourth-order valence-electron chi connectivity index (χ4n) is 2.10. The number of sulfonamides is 1. The third-order valence-corrected chi connectivity index (χ3v) is 4.23. The van der Waals surface area contributed by atoms with Gasteiger partial charge in [-0.05, 0) is 31.2 Å². The van der Waals surface area contributed by atoms with Crippen LogP contribution in [0.4, 0.5) is 0 Å². The van der Waals surface area contributed by atoms with Gasteiger partial charge in [-0.2, -0.15) is 0 Å². The summed E-state index contributed by atoms with van der Waals surface area (Å²) >= 11 is 0. The van der Waals surface area contributed by atoms with Crippen molar-refractivity contribution in [3.8, 4) is 5.75 Å². The lowest BCUT2D eigenvalue weighted by molar-refractivity contribution is -0.00514. The quantitative estimate of drug-likeness (QED) is 0.853. The maximum Gasteiger partial charge on any atom is 0.238 e. The van der Waals surface area contributed by atoms with Crippen LogP contribution in [0.3, 0.4) is 0 Å². The molecule has 1 unspecified atom stereocenters. The van der Waals surface area contributed by atoms with E-state index in [1.165, 1.54) is 12.1 Å². The van der Waals surface area contributed by atoms with Gasteiger partial charge in [0.1, 0.15) is 12.4 Å². The average molecular weight is 300 g/mol. The lowest BCUT2D eigenvalue weighted by atomic mass is 10.2. The van der Waals surface area contributed by atoms with Crippen LogP contribution in [-0.4, -0.2) is 52.3 Å². The third-order valence-electron chi connectivity index (χ3n) is 3.30. The van der Waals surface area contributed by atoms with Crippen LogP contribution < -0.4 is 9.88 Å². The summed E-state index contributed by atoms with van der Waals surface area (Å²) in [6.07, 6.45) is 0. The highest BCUT2D eigenvalue weighted by Crippen LogP contribution is 2.15. The molecular weight excluding hydrogens is 280 g/mol. The molecule has 0 amide bonds. The maximum absolute atomic E-state index is 11.1. The molecule has 2 rings (SSSR count). The van der Waals surface area contributed by atoms with Gasteiger partial charge in [-0.1, -0.05) is 0 Å². The van der Waals surface area contributed by atoms with Crippen molar-refractivity contribution in [2.75, 3.05) is 32.9 Å². The molecular formula is C13H20N2O4S. The van der Waals surface area contributed by atoms with E-state index in [0.29, 0.717) is 18.4 Å². The second-order valence-electron chi connectivity index (χ2n) is 4.82. The lowest BCUT2D eigenvalue weighted by Crippen LogP contribution is -2.45. The summed E-state index contributed by atoms with van der Waals surface area (Å²) in [6.45, 7) is 5.92. The number of benzene rings is 1. The van der Waals surface area contributed by atoms with Gasteiger partial charge in [0.15, 0.2) is 0 Å². The Labute approximate surface area is 119 Å². The van der Waals surface area contributed by atoms with Crippen molar-refractivity contribution >= 4 is 10.0 Å². The van der Waals surface area contributed by atoms with Crippen molar-refractivity contribution < 1.29 is 17.9 Å². The van der Waals surface area contributed by atoms with E-state index in [4.69, 9.17) is 14.6 Å². The van der Waals surface area contributed by atoms with Crippen molar-refractivity contribution in [1.82, 2.24) is 4.90 Å². The molecule has 1 aromatic carbocycles. The van der Waals surface area contributed by atoms with E-state index in [2.05, 4.69) is 11.8 Å². The zero-order valence-electron chi connectivity index (χ0n) is 11.5. The van der Waals surface area contributed by atoms with Crippen LogP contribution in [0.1, 0.15) is 6.92 Å². The molecule has 1 atom stereocenters. The molecule has 1 aliphatic heterocycles. The minimum absolute atomic E-state index is 0.0895. The Kier molecular flexibility index (Phi) is 4.98. The predicted molar refractivity (Wildman–Crippen MR) is 75.2 cm³/mol. The number of nitrogens with zero attached hydrogens (tertiary/aromatic N) is 1. The van der Waals surface area contributed by atoms with Crippen molar-refractivity contribution in [1.29, 1.82) is 0 Å². The number of hydrogen-bond acceptors (Lipinski definition) is 5. The van der Waals surface area contributed by atoms with E-state index in [1.54, 1.807) is 12.1 Å². The first-order valence-electron chi connectivity index (χ1n) is 6.54. The first-order valence-corrected chi connectivity index (χ1v) is 8.09. The van der Waals surface area contributed by atoms with Crippen LogP contribution in [0, 0.1) is 0 Å². The SMILES string of the molecule is CC1COCCN1CCOc1ccc(S(N)(=O)=O)cc1. The molecule has 2 N–H and O–H groups in total. The summed E-state index contributed by atoms with van der Waals surface area (Å²) in [5.74, 6) is 0.637. The minimum Gasteiger partial charge on any atom is -0.492 e. The number of hydrogen-bond donors (Lipinski definition) is 1. The molecule has 0 aromatic heterocycles. The highest BCUT2D eigenvalue weighted by Gasteiger charge is 2.18. The van der Waals surface area contributed by atoms with Gasteiger partial charge in [0.2, 0.25) is 10.0 Å². The molecule has 0 spiro atoms. The van der Waals surface area contributed by atoms with Gasteiger partial charge in [0.25, 0.3) is 0 Å². The summed E-state index contributed by atoms with van der Waals surface area (Å²) in [7, 11) is -3.64. The number of ether oxygens (including phenoxy) is 2. The number of morpholine rings is 1. The minimum atomic E-state index is -3.64. The van der Waals surface area contributed by atoms with Gasteiger partial charge >= 0.3 is 0 Å². The number of nitrogens with two attached hydrogens (primary N) is 1. The van der Waals surface area contributed by atoms with E-state index < -0.39 is 10.0 Å². The normalized spacial score (nSPS) is 20.8. The molecule has 7 heteroatoms. The monoisotopic (exact) mass is 300 g/mol. The third kappa shape index (κ3) is 4.17. The molecule has 0 saturated carbocycles. The van der Waals surface area contributed by atoms with Crippen LogP contribution >= 0.6 is 0 Å². The first-order chi connectivity index (χ1) is 9.47. The van der Waals surface area contributed by atoms with Crippen LogP contribution in [0.15, 0.2) is 29.2 Å². The average Bonchev–Trinajstić information content (AvgIpc) is 2.40. The predicted octanol–water partition coefficient (Wildman–Crippen LogP) is 0.434. The lowest BCUT2D eigenvalue weighted by Gasteiger charge is -2.32. The van der Waals surface area contributed by atoms with Crippen LogP contribution in [0.25, 0.3) is 0 Å². The van der Waals surface area contributed by atoms with Crippen molar-refractivity contribution in [2.24, 2.45) is 5.14 Å². The number of rotatable bonds is 5. The smallest absolute Gasteiger partial charge is 0.238 e. The summed E-state index contributed by atoms with van der Waals surface area (Å²) in [6, 6.07) is 6.52. The van der Waals surface area contributed by atoms with Gasteiger partial charge in [0.05, 0.1) is 18.1 Å². The van der Waals surface area contributed by atoms with E-state index >= 15 is 0 Å². The largest absolute Gasteiger partial charge is 0.492 e. The Hall–Kier alpha value is -1.15. The van der Waals surface area contributed by atoms with Gasteiger partial charge in [0, 0.05) is 19.1 Å². The van der Waals surface area contributed by atoms with E-state index in [-0.39, 0.29) is 4.90 Å². The Morgan fingerprint density at radius 3 is 2.70 bits per heavy atom. The van der Waals surface area contributed by atoms with Crippen molar-refractivity contribution in [3.05, 3.63) is 24.3 Å². The number of primary sulfonamides is 1. The van der Waals surface area contributed by atoms with Crippen molar-refractivity contribution in [2.45, 2.75) is 17.9 Å². The molecule has 1 saturated heterocycles. The Morgan fingerprint density at radius 1 is 1.40 bits per heavy atom. The molecule has 1 aliphatic rings. The fraction of sp³-hybridized carbons (Fsp3) is 0.538. The van der Waals surface area contributed by atoms with Crippen LogP contribution in [0.2, 0.25) is 0 Å². The Morgan fingerprint density at radius 2 is 2.10 bits per heavy atom. The zero-order valence-corrected chi connectivity index (χ0v) is 12.3. The fourth-order valence-corrected chi connectivity index (χ4v) is 2.62. The summed E-state index contributed by atoms with van der Waals surface area (Å²) in [5.41, 5.74) is 0. The molecule has 0 aliphatic carbocycles. The first kappa shape index (κ1) is 15.2. The van der Waals surface area contributed by atoms with Crippen LogP contribution in [0.5, 0.6) is 5.75 Å². The zero-order chi connectivity index (χ0) is 14.6. The molecule has 0 radical (unpaired) electrons. The van der Waals surface area contributed by atoms with Crippen LogP contribution in [-0.2, 0) is 14.8 Å². The molecule has 20 heavy (non-hydrogen) atoms. The molecule has 6 nitrogen and oxygen atoms in total. The van der Waals surface area contributed by atoms with E-state index in [1.807, 2.05) is 0 Å². The van der Waals surface area contributed by atoms with Crippen molar-refractivity contribution in [3.63, 3.8) is 0 Å². The summed E-state index contributed by atoms with van der Waals surface area (Å²) < 4.78 is 33.2. The second-order valence-corrected chi connectivity index (χ2v) is 6.39. The standard InChI is InChI=1S/C13H20N2O4S/c1-11-10-18-8-6-15(11)7-9-19-12-2-4-13(5-3-12)20(14,16)17/h2-5,11H,6-10H2,1H3,(H2,14,16,17). The van der Waals surface area contributed by atoms with E-state index in [9.17, 15) is 8.42 Å². The molecule has 112 valence electrons. The molecule has 1 fully saturated rings. The van der Waals surface area contributed by atoms with Gasteiger partial charge in [-0.25, -0.2) is 13.6 Å². The molecule has 1 heterocycles. The molecule has 1 aromatic rings. The van der Waals surface area contributed by atoms with E-state index in [0.717, 1.165) is 26.3 Å². The molecule has 0 bridgehead atoms. The Balaban J connectivity index is 1.82. The summed E-state index contributed by atoms with van der Waals surface area (Å²) in [4.78, 5) is 2.40. The highest BCUT2D eigenvalue weighted by atomic mass is 32.2. The van der Waals surface area contributed by atoms with Gasteiger partial charge < -0.3 is 9.47 Å². The maximum atomic E-state index is 11.1. The second kappa shape index (κ2) is 6.53. The topological polar surface area (TPSA) is 81.9 Å². The van der Waals surface area contributed by atoms with Gasteiger partial charge in [-0.3, -0.25) is 4.90 Å². The summed E-state index contributed by atoms with van der Waals surface area (Å²) in [5, 5.41) is 5.03. The highest BCUT2D eigenvalue weighted by molar-refractivity contribution is 7.89. The van der Waals surface area contributed by atoms with Gasteiger partial charge in [-0.15, -0.1) is 0 Å².